The summed E-state index contributed by atoms with van der Waals surface area (Å²) in [6.45, 7) is 10.2. The molecule has 0 aliphatic heterocycles. The van der Waals surface area contributed by atoms with Crippen LogP contribution in [0.5, 0.6) is 5.75 Å². The molecule has 0 atom stereocenters. The van der Waals surface area contributed by atoms with Gasteiger partial charge in [0.05, 0.1) is 4.92 Å². The molecule has 148 valence electrons. The monoisotopic (exact) mass is 373 g/mol. The van der Waals surface area contributed by atoms with Crippen molar-refractivity contribution in [3.63, 3.8) is 0 Å². The SMILES string of the molecule is CC(C)CN.CC(C)CNc1cc(OCc2ccccc2)ccc1[N+](=O)[O-]. The van der Waals surface area contributed by atoms with Gasteiger partial charge in [-0.1, -0.05) is 58.0 Å². The second-order valence-electron chi connectivity index (χ2n) is 7.11. The molecule has 0 aliphatic carbocycles. The number of nitro benzene ring substituents is 1. The Hall–Kier alpha value is -2.60. The van der Waals surface area contributed by atoms with Crippen LogP contribution < -0.4 is 15.8 Å². The molecule has 0 amide bonds. The first-order chi connectivity index (χ1) is 12.8. The van der Waals surface area contributed by atoms with Crippen molar-refractivity contribution in [2.45, 2.75) is 34.3 Å². The van der Waals surface area contributed by atoms with Crippen LogP contribution in [-0.2, 0) is 6.61 Å². The highest BCUT2D eigenvalue weighted by atomic mass is 16.6. The number of nitro groups is 1. The predicted octanol–water partition coefficient (Wildman–Crippen LogP) is 4.84. The van der Waals surface area contributed by atoms with Gasteiger partial charge in [0.25, 0.3) is 5.69 Å². The van der Waals surface area contributed by atoms with Crippen molar-refractivity contribution >= 4 is 11.4 Å². The molecule has 0 saturated heterocycles. The van der Waals surface area contributed by atoms with Crippen LogP contribution in [-0.4, -0.2) is 18.0 Å². The van der Waals surface area contributed by atoms with Gasteiger partial charge < -0.3 is 15.8 Å². The maximum atomic E-state index is 11.1. The summed E-state index contributed by atoms with van der Waals surface area (Å²) < 4.78 is 5.71. The van der Waals surface area contributed by atoms with E-state index in [1.165, 1.54) is 6.07 Å². The lowest BCUT2D eigenvalue weighted by Gasteiger charge is -2.12. The maximum Gasteiger partial charge on any atom is 0.292 e. The third-order valence-electron chi connectivity index (χ3n) is 3.59. The molecule has 2 rings (SSSR count). The minimum absolute atomic E-state index is 0.0627. The van der Waals surface area contributed by atoms with Gasteiger partial charge in [-0.3, -0.25) is 10.1 Å². The first-order valence-electron chi connectivity index (χ1n) is 9.22. The zero-order valence-corrected chi connectivity index (χ0v) is 16.6. The molecule has 0 aromatic heterocycles. The van der Waals surface area contributed by atoms with E-state index in [4.69, 9.17) is 10.5 Å². The number of hydrogen-bond acceptors (Lipinski definition) is 5. The highest BCUT2D eigenvalue weighted by Crippen LogP contribution is 2.29. The lowest BCUT2D eigenvalue weighted by molar-refractivity contribution is -0.384. The van der Waals surface area contributed by atoms with E-state index in [-0.39, 0.29) is 10.6 Å². The van der Waals surface area contributed by atoms with Crippen LogP contribution in [0.15, 0.2) is 48.5 Å². The summed E-state index contributed by atoms with van der Waals surface area (Å²) in [5, 5.41) is 14.2. The summed E-state index contributed by atoms with van der Waals surface area (Å²) in [7, 11) is 0. The van der Waals surface area contributed by atoms with Crippen molar-refractivity contribution in [3.05, 3.63) is 64.2 Å². The van der Waals surface area contributed by atoms with Gasteiger partial charge in [-0.05, 0) is 30.0 Å². The van der Waals surface area contributed by atoms with Gasteiger partial charge in [0.1, 0.15) is 18.0 Å². The van der Waals surface area contributed by atoms with Crippen LogP contribution in [0.3, 0.4) is 0 Å². The molecule has 27 heavy (non-hydrogen) atoms. The zero-order valence-electron chi connectivity index (χ0n) is 16.6. The number of benzene rings is 2. The highest BCUT2D eigenvalue weighted by Gasteiger charge is 2.14. The Morgan fingerprint density at radius 2 is 1.70 bits per heavy atom. The van der Waals surface area contributed by atoms with E-state index in [1.54, 1.807) is 12.1 Å². The summed E-state index contributed by atoms with van der Waals surface area (Å²) in [6.07, 6.45) is 0. The fourth-order valence-corrected chi connectivity index (χ4v) is 1.96. The molecular formula is C21H31N3O3. The number of ether oxygens (including phenoxy) is 1. The van der Waals surface area contributed by atoms with E-state index < -0.39 is 0 Å². The molecule has 0 heterocycles. The quantitative estimate of drug-likeness (QED) is 0.510. The molecule has 0 unspecified atom stereocenters. The van der Waals surface area contributed by atoms with Gasteiger partial charge in [-0.25, -0.2) is 0 Å². The maximum absolute atomic E-state index is 11.1. The molecule has 3 N–H and O–H groups in total. The standard InChI is InChI=1S/C17H20N2O3.C4H11N/c1-13(2)11-18-16-10-15(8-9-17(16)19(20)21)22-12-14-6-4-3-5-7-14;1-4(2)3-5/h3-10,13,18H,11-12H2,1-2H3;4H,3,5H2,1-2H3. The first-order valence-corrected chi connectivity index (χ1v) is 9.22. The minimum Gasteiger partial charge on any atom is -0.489 e. The molecule has 2 aromatic rings. The average molecular weight is 373 g/mol. The Kier molecular flexibility index (Phi) is 9.90. The number of anilines is 1. The summed E-state index contributed by atoms with van der Waals surface area (Å²) in [5.41, 5.74) is 6.78. The van der Waals surface area contributed by atoms with Gasteiger partial charge in [0.2, 0.25) is 0 Å². The average Bonchev–Trinajstić information content (AvgIpc) is 2.65. The fourth-order valence-electron chi connectivity index (χ4n) is 1.96. The van der Waals surface area contributed by atoms with Crippen molar-refractivity contribution in [2.75, 3.05) is 18.4 Å². The number of nitrogens with zero attached hydrogens (tertiary/aromatic N) is 1. The third-order valence-corrected chi connectivity index (χ3v) is 3.59. The summed E-state index contributed by atoms with van der Waals surface area (Å²) in [4.78, 5) is 10.7. The zero-order chi connectivity index (χ0) is 20.2. The number of nitrogens with two attached hydrogens (primary N) is 1. The lowest BCUT2D eigenvalue weighted by atomic mass is 10.2. The van der Waals surface area contributed by atoms with Gasteiger partial charge in [-0.15, -0.1) is 0 Å². The van der Waals surface area contributed by atoms with Gasteiger partial charge in [0.15, 0.2) is 0 Å². The number of rotatable bonds is 8. The predicted molar refractivity (Wildman–Crippen MR) is 111 cm³/mol. The van der Waals surface area contributed by atoms with Crippen molar-refractivity contribution in [2.24, 2.45) is 17.6 Å². The van der Waals surface area contributed by atoms with E-state index >= 15 is 0 Å². The molecule has 0 radical (unpaired) electrons. The van der Waals surface area contributed by atoms with E-state index in [9.17, 15) is 10.1 Å². The molecule has 0 spiro atoms. The van der Waals surface area contributed by atoms with E-state index in [1.807, 2.05) is 30.3 Å². The highest BCUT2D eigenvalue weighted by molar-refractivity contribution is 5.64. The molecule has 2 aromatic carbocycles. The molecule has 0 bridgehead atoms. The fraction of sp³-hybridized carbons (Fsp3) is 0.429. The second-order valence-corrected chi connectivity index (χ2v) is 7.11. The summed E-state index contributed by atoms with van der Waals surface area (Å²) >= 11 is 0. The normalized spacial score (nSPS) is 10.3. The molecule has 0 aliphatic rings. The minimum atomic E-state index is -0.385. The first kappa shape index (κ1) is 22.4. The summed E-state index contributed by atoms with van der Waals surface area (Å²) in [5.74, 6) is 1.67. The third kappa shape index (κ3) is 9.06. The summed E-state index contributed by atoms with van der Waals surface area (Å²) in [6, 6.07) is 14.6. The Morgan fingerprint density at radius 1 is 1.07 bits per heavy atom. The Labute approximate surface area is 161 Å². The van der Waals surface area contributed by atoms with Crippen molar-refractivity contribution in [3.8, 4) is 5.75 Å². The van der Waals surface area contributed by atoms with Crippen LogP contribution in [0.1, 0.15) is 33.3 Å². The van der Waals surface area contributed by atoms with Gasteiger partial charge in [-0.2, -0.15) is 0 Å². The molecular weight excluding hydrogens is 342 g/mol. The Bertz CT molecular complexity index is 688. The smallest absolute Gasteiger partial charge is 0.292 e. The molecule has 6 nitrogen and oxygen atoms in total. The van der Waals surface area contributed by atoms with E-state index in [2.05, 4.69) is 33.0 Å². The van der Waals surface area contributed by atoms with Crippen LogP contribution in [0, 0.1) is 22.0 Å². The van der Waals surface area contributed by atoms with Gasteiger partial charge >= 0.3 is 0 Å². The van der Waals surface area contributed by atoms with Crippen LogP contribution in [0.25, 0.3) is 0 Å². The number of nitrogens with one attached hydrogen (secondary N) is 1. The van der Waals surface area contributed by atoms with Crippen molar-refractivity contribution < 1.29 is 9.66 Å². The second kappa shape index (κ2) is 11.9. The Balaban J connectivity index is 0.000000646. The van der Waals surface area contributed by atoms with Crippen LogP contribution in [0.2, 0.25) is 0 Å². The lowest BCUT2D eigenvalue weighted by Crippen LogP contribution is -2.09. The van der Waals surface area contributed by atoms with Crippen LogP contribution in [0.4, 0.5) is 11.4 Å². The van der Waals surface area contributed by atoms with Gasteiger partial charge in [0, 0.05) is 18.7 Å². The van der Waals surface area contributed by atoms with E-state index in [0.29, 0.717) is 36.4 Å². The Morgan fingerprint density at radius 3 is 2.22 bits per heavy atom. The molecule has 0 saturated carbocycles. The van der Waals surface area contributed by atoms with Crippen molar-refractivity contribution in [1.29, 1.82) is 0 Å². The van der Waals surface area contributed by atoms with Crippen molar-refractivity contribution in [1.82, 2.24) is 0 Å². The molecule has 0 fully saturated rings. The number of hydrogen-bond donors (Lipinski definition) is 2. The molecule has 6 heteroatoms. The largest absolute Gasteiger partial charge is 0.489 e. The topological polar surface area (TPSA) is 90.4 Å². The van der Waals surface area contributed by atoms with E-state index in [0.717, 1.165) is 12.1 Å². The van der Waals surface area contributed by atoms with Crippen LogP contribution >= 0.6 is 0 Å².